The number of rotatable bonds is 8. The van der Waals surface area contributed by atoms with Crippen LogP contribution in [0, 0.1) is 17.8 Å². The first-order valence-corrected chi connectivity index (χ1v) is 11.3. The van der Waals surface area contributed by atoms with E-state index in [1.165, 1.54) is 0 Å². The van der Waals surface area contributed by atoms with E-state index in [1.54, 1.807) is 0 Å². The van der Waals surface area contributed by atoms with Gasteiger partial charge in [0.15, 0.2) is 0 Å². The van der Waals surface area contributed by atoms with Crippen LogP contribution in [0.25, 0.3) is 0 Å². The molecular weight excluding hydrogens is 515 g/mol. The van der Waals surface area contributed by atoms with Crippen LogP contribution in [0.1, 0.15) is 71.1 Å². The molecule has 2 aliphatic carbocycles. The van der Waals surface area contributed by atoms with E-state index in [4.69, 9.17) is 0 Å². The molecule has 2 fully saturated rings. The molecule has 0 aromatic rings. The molecule has 0 aromatic heterocycles. The zero-order valence-corrected chi connectivity index (χ0v) is 18.7. The molecule has 0 bridgehead atoms. The molecule has 1 nitrogen and oxygen atoms in total. The van der Waals surface area contributed by atoms with Crippen molar-refractivity contribution in [2.24, 2.45) is 17.8 Å². The van der Waals surface area contributed by atoms with E-state index in [2.05, 4.69) is 0 Å². The lowest BCUT2D eigenvalue weighted by Gasteiger charge is -2.48. The second-order valence-electron chi connectivity index (χ2n) is 9.81. The number of hydrogen-bond donors (Lipinski definition) is 1. The largest absolute Gasteiger partial charge is 0.460 e. The number of halogens is 13. The van der Waals surface area contributed by atoms with Crippen molar-refractivity contribution in [2.75, 3.05) is 0 Å². The van der Waals surface area contributed by atoms with Gasteiger partial charge in [-0.2, -0.15) is 57.1 Å². The molecular formula is C21H27F13O. The molecule has 0 aromatic carbocycles. The van der Waals surface area contributed by atoms with E-state index < -0.39 is 54.2 Å². The van der Waals surface area contributed by atoms with Crippen LogP contribution in [0.4, 0.5) is 57.1 Å². The average molecular weight is 542 g/mol. The highest BCUT2D eigenvalue weighted by Crippen LogP contribution is 2.63. The molecule has 2 aliphatic rings. The predicted octanol–water partition coefficient (Wildman–Crippen LogP) is 8.25. The molecule has 0 radical (unpaired) electrons. The Morgan fingerprint density at radius 3 is 1.40 bits per heavy atom. The van der Waals surface area contributed by atoms with E-state index >= 15 is 0 Å². The Bertz CT molecular complexity index is 715. The SMILES string of the molecule is CCCC1CCC(C2CCC(O)(C(F)(F)C(F)(F)C(F)(F)C(F)(F)C(F)(F)C(F)(F)F)CC2)CC1. The van der Waals surface area contributed by atoms with Crippen molar-refractivity contribution in [3.8, 4) is 0 Å². The first kappa shape index (κ1) is 30.3. The van der Waals surface area contributed by atoms with E-state index in [0.29, 0.717) is 18.8 Å². The Kier molecular flexibility index (Phi) is 8.14. The van der Waals surface area contributed by atoms with Crippen molar-refractivity contribution < 1.29 is 62.2 Å². The highest BCUT2D eigenvalue weighted by Gasteiger charge is 2.92. The highest BCUT2D eigenvalue weighted by atomic mass is 19.4. The summed E-state index contributed by atoms with van der Waals surface area (Å²) in [6, 6.07) is 0. The van der Waals surface area contributed by atoms with Crippen LogP contribution in [-0.4, -0.2) is 46.5 Å². The van der Waals surface area contributed by atoms with Crippen molar-refractivity contribution >= 4 is 0 Å². The minimum Gasteiger partial charge on any atom is -0.383 e. The van der Waals surface area contributed by atoms with Crippen LogP contribution < -0.4 is 0 Å². The number of alkyl halides is 13. The molecule has 0 heterocycles. The third-order valence-electron chi connectivity index (χ3n) is 7.63. The Labute approximate surface area is 193 Å². The third-order valence-corrected chi connectivity index (χ3v) is 7.63. The van der Waals surface area contributed by atoms with Crippen molar-refractivity contribution in [3.63, 3.8) is 0 Å². The van der Waals surface area contributed by atoms with Crippen LogP contribution in [0.5, 0.6) is 0 Å². The van der Waals surface area contributed by atoms with Crippen molar-refractivity contribution in [2.45, 2.75) is 113 Å². The van der Waals surface area contributed by atoms with Crippen LogP contribution in [0.3, 0.4) is 0 Å². The summed E-state index contributed by atoms with van der Waals surface area (Å²) < 4.78 is 175. The number of hydrogen-bond acceptors (Lipinski definition) is 1. The Morgan fingerprint density at radius 2 is 1.00 bits per heavy atom. The predicted molar refractivity (Wildman–Crippen MR) is 98.1 cm³/mol. The molecule has 14 heteroatoms. The van der Waals surface area contributed by atoms with Gasteiger partial charge >= 0.3 is 35.8 Å². The zero-order valence-electron chi connectivity index (χ0n) is 18.7. The number of aliphatic hydroxyl groups is 1. The topological polar surface area (TPSA) is 20.2 Å². The van der Waals surface area contributed by atoms with Crippen LogP contribution >= 0.6 is 0 Å². The van der Waals surface area contributed by atoms with Crippen molar-refractivity contribution in [1.29, 1.82) is 0 Å². The van der Waals surface area contributed by atoms with Crippen LogP contribution in [-0.2, 0) is 0 Å². The molecule has 0 spiro atoms. The molecule has 35 heavy (non-hydrogen) atoms. The normalized spacial score (nSPS) is 30.4. The molecule has 0 atom stereocenters. The molecule has 208 valence electrons. The lowest BCUT2D eigenvalue weighted by atomic mass is 9.65. The Balaban J connectivity index is 2.23. The monoisotopic (exact) mass is 542 g/mol. The maximum absolute atomic E-state index is 14.5. The van der Waals surface area contributed by atoms with Gasteiger partial charge in [-0.05, 0) is 56.3 Å². The molecule has 2 rings (SSSR count). The van der Waals surface area contributed by atoms with Crippen LogP contribution in [0.15, 0.2) is 0 Å². The molecule has 0 amide bonds. The van der Waals surface area contributed by atoms with Crippen molar-refractivity contribution in [1.82, 2.24) is 0 Å². The van der Waals surface area contributed by atoms with Gasteiger partial charge in [0.2, 0.25) is 0 Å². The second kappa shape index (κ2) is 9.41. The lowest BCUT2D eigenvalue weighted by Crippen LogP contribution is -2.74. The molecule has 0 unspecified atom stereocenters. The van der Waals surface area contributed by atoms with Gasteiger partial charge in [0.1, 0.15) is 5.60 Å². The minimum absolute atomic E-state index is 0.0157. The van der Waals surface area contributed by atoms with Gasteiger partial charge in [0.25, 0.3) is 0 Å². The first-order valence-electron chi connectivity index (χ1n) is 11.3. The van der Waals surface area contributed by atoms with E-state index in [-0.39, 0.29) is 24.7 Å². The van der Waals surface area contributed by atoms with Crippen LogP contribution in [0.2, 0.25) is 0 Å². The smallest absolute Gasteiger partial charge is 0.383 e. The second-order valence-corrected chi connectivity index (χ2v) is 9.81. The molecule has 1 N–H and O–H groups in total. The fraction of sp³-hybridized carbons (Fsp3) is 1.00. The van der Waals surface area contributed by atoms with Gasteiger partial charge in [-0.1, -0.05) is 32.6 Å². The molecule has 0 saturated heterocycles. The Morgan fingerprint density at radius 1 is 0.600 bits per heavy atom. The summed E-state index contributed by atoms with van der Waals surface area (Å²) in [6.07, 6.45) is -5.63. The quantitative estimate of drug-likeness (QED) is 0.306. The van der Waals surface area contributed by atoms with Gasteiger partial charge in [-0.25, -0.2) is 0 Å². The summed E-state index contributed by atoms with van der Waals surface area (Å²) in [5.74, 6) is -37.4. The van der Waals surface area contributed by atoms with Gasteiger partial charge in [-0.3, -0.25) is 0 Å². The third kappa shape index (κ3) is 4.73. The Hall–Kier alpha value is -0.950. The molecule has 2 saturated carbocycles. The summed E-state index contributed by atoms with van der Waals surface area (Å²) in [6.45, 7) is 2.01. The fourth-order valence-electron chi connectivity index (χ4n) is 5.32. The van der Waals surface area contributed by atoms with Crippen molar-refractivity contribution in [3.05, 3.63) is 0 Å². The summed E-state index contributed by atoms with van der Waals surface area (Å²) in [5, 5.41) is 10.1. The fourth-order valence-corrected chi connectivity index (χ4v) is 5.32. The van der Waals surface area contributed by atoms with Gasteiger partial charge in [-0.15, -0.1) is 0 Å². The summed E-state index contributed by atoms with van der Waals surface area (Å²) in [7, 11) is 0. The summed E-state index contributed by atoms with van der Waals surface area (Å²) >= 11 is 0. The summed E-state index contributed by atoms with van der Waals surface area (Å²) in [5.41, 5.74) is -4.01. The van der Waals surface area contributed by atoms with E-state index in [0.717, 1.165) is 25.7 Å². The van der Waals surface area contributed by atoms with Gasteiger partial charge < -0.3 is 5.11 Å². The maximum Gasteiger partial charge on any atom is 0.460 e. The van der Waals surface area contributed by atoms with E-state index in [1.807, 2.05) is 6.92 Å². The molecule has 0 aliphatic heterocycles. The zero-order chi connectivity index (χ0) is 27.3. The standard InChI is InChI=1S/C21H27F13O/c1-2-3-12-4-6-13(7-5-12)14-8-10-15(35,11-9-14)16(22,23)17(24,25)18(26,27)19(28,29)20(30,31)21(32,33)34/h12-14,35H,2-11H2,1H3. The first-order chi connectivity index (χ1) is 15.6. The summed E-state index contributed by atoms with van der Waals surface area (Å²) in [4.78, 5) is 0. The lowest BCUT2D eigenvalue weighted by molar-refractivity contribution is -0.450. The average Bonchev–Trinajstić information content (AvgIpc) is 2.73. The minimum atomic E-state index is -7.95. The van der Waals surface area contributed by atoms with Gasteiger partial charge in [0, 0.05) is 0 Å². The highest BCUT2D eigenvalue weighted by molar-refractivity contribution is 5.15. The van der Waals surface area contributed by atoms with Gasteiger partial charge in [0.05, 0.1) is 0 Å². The van der Waals surface area contributed by atoms with E-state index in [9.17, 15) is 62.2 Å². The maximum atomic E-state index is 14.5.